The van der Waals surface area contributed by atoms with E-state index < -0.39 is 9.84 Å². The molecule has 0 aromatic rings. The molecule has 0 amide bonds. The summed E-state index contributed by atoms with van der Waals surface area (Å²) in [5, 5.41) is 3.64. The van der Waals surface area contributed by atoms with Crippen molar-refractivity contribution in [2.45, 2.75) is 45.1 Å². The van der Waals surface area contributed by atoms with Crippen molar-refractivity contribution >= 4 is 21.6 Å². The molecule has 0 aromatic carbocycles. The number of thioether (sulfide) groups is 1. The maximum absolute atomic E-state index is 11.1. The molecule has 3 nitrogen and oxygen atoms in total. The highest BCUT2D eigenvalue weighted by Gasteiger charge is 2.24. The normalized spacial score (nSPS) is 19.2. The predicted molar refractivity (Wildman–Crippen MR) is 81.1 cm³/mol. The number of rotatable bonds is 9. The standard InChI is InChI=1S/C13H27NO2S2/c1-3-8-14-13(12-6-4-5-7-12)11-17-9-10-18(2,15)16/h12-14H,3-11H2,1-2H3. The topological polar surface area (TPSA) is 46.2 Å². The molecule has 108 valence electrons. The Kier molecular flexibility index (Phi) is 7.64. The molecular formula is C13H27NO2S2. The van der Waals surface area contributed by atoms with E-state index in [1.807, 2.05) is 0 Å². The fourth-order valence-electron chi connectivity index (χ4n) is 2.47. The van der Waals surface area contributed by atoms with Crippen LogP contribution in [0.3, 0.4) is 0 Å². The molecule has 1 aliphatic rings. The van der Waals surface area contributed by atoms with Crippen molar-refractivity contribution in [3.63, 3.8) is 0 Å². The van der Waals surface area contributed by atoms with Crippen molar-refractivity contribution < 1.29 is 8.42 Å². The first-order chi connectivity index (χ1) is 8.53. The van der Waals surface area contributed by atoms with Crippen LogP contribution in [0.25, 0.3) is 0 Å². The summed E-state index contributed by atoms with van der Waals surface area (Å²) in [4.78, 5) is 0. The summed E-state index contributed by atoms with van der Waals surface area (Å²) in [6, 6.07) is 0.581. The van der Waals surface area contributed by atoms with Crippen molar-refractivity contribution in [3.05, 3.63) is 0 Å². The van der Waals surface area contributed by atoms with E-state index in [9.17, 15) is 8.42 Å². The lowest BCUT2D eigenvalue weighted by Gasteiger charge is -2.24. The van der Waals surface area contributed by atoms with Crippen LogP contribution >= 0.6 is 11.8 Å². The molecule has 0 saturated heterocycles. The fraction of sp³-hybridized carbons (Fsp3) is 1.00. The largest absolute Gasteiger partial charge is 0.313 e. The first-order valence-electron chi connectivity index (χ1n) is 7.02. The zero-order valence-corrected chi connectivity index (χ0v) is 13.3. The third kappa shape index (κ3) is 7.00. The van der Waals surface area contributed by atoms with E-state index in [1.54, 1.807) is 11.8 Å². The van der Waals surface area contributed by atoms with Gasteiger partial charge in [-0.25, -0.2) is 8.42 Å². The summed E-state index contributed by atoms with van der Waals surface area (Å²) in [6.45, 7) is 3.27. The van der Waals surface area contributed by atoms with E-state index in [1.165, 1.54) is 31.9 Å². The Hall–Kier alpha value is 0.260. The van der Waals surface area contributed by atoms with Gasteiger partial charge in [-0.05, 0) is 31.7 Å². The lowest BCUT2D eigenvalue weighted by Crippen LogP contribution is -2.38. The van der Waals surface area contributed by atoms with E-state index in [0.717, 1.165) is 30.4 Å². The number of hydrogen-bond donors (Lipinski definition) is 1. The van der Waals surface area contributed by atoms with Gasteiger partial charge in [0.1, 0.15) is 9.84 Å². The van der Waals surface area contributed by atoms with Gasteiger partial charge in [-0.15, -0.1) is 0 Å². The van der Waals surface area contributed by atoms with Crippen molar-refractivity contribution in [1.82, 2.24) is 5.32 Å². The Bertz CT molecular complexity index is 311. The Labute approximate surface area is 116 Å². The Balaban J connectivity index is 2.27. The summed E-state index contributed by atoms with van der Waals surface area (Å²) >= 11 is 1.78. The van der Waals surface area contributed by atoms with Crippen molar-refractivity contribution in [2.75, 3.05) is 30.1 Å². The van der Waals surface area contributed by atoms with Crippen LogP contribution in [0, 0.1) is 5.92 Å². The molecule has 0 spiro atoms. The van der Waals surface area contributed by atoms with Crippen molar-refractivity contribution in [2.24, 2.45) is 5.92 Å². The average Bonchev–Trinajstić information content (AvgIpc) is 2.80. The van der Waals surface area contributed by atoms with Gasteiger partial charge < -0.3 is 5.32 Å². The lowest BCUT2D eigenvalue weighted by molar-refractivity contribution is 0.388. The van der Waals surface area contributed by atoms with Crippen LogP contribution in [-0.2, 0) is 9.84 Å². The molecule has 1 N–H and O–H groups in total. The third-order valence-corrected chi connectivity index (χ3v) is 5.81. The Morgan fingerprint density at radius 3 is 2.56 bits per heavy atom. The highest BCUT2D eigenvalue weighted by molar-refractivity contribution is 8.00. The van der Waals surface area contributed by atoms with Crippen LogP contribution in [0.5, 0.6) is 0 Å². The molecule has 1 atom stereocenters. The quantitative estimate of drug-likeness (QED) is 0.663. The molecule has 1 saturated carbocycles. The lowest BCUT2D eigenvalue weighted by atomic mass is 10.00. The zero-order valence-electron chi connectivity index (χ0n) is 11.7. The van der Waals surface area contributed by atoms with Gasteiger partial charge in [0.2, 0.25) is 0 Å². The van der Waals surface area contributed by atoms with Gasteiger partial charge in [0, 0.05) is 23.8 Å². The molecule has 1 fully saturated rings. The van der Waals surface area contributed by atoms with E-state index in [-0.39, 0.29) is 0 Å². The minimum absolute atomic E-state index is 0.308. The fourth-order valence-corrected chi connectivity index (χ4v) is 4.96. The highest BCUT2D eigenvalue weighted by atomic mass is 32.2. The molecule has 0 bridgehead atoms. The zero-order chi connectivity index (χ0) is 13.4. The molecule has 0 heterocycles. The maximum Gasteiger partial charge on any atom is 0.148 e. The number of sulfone groups is 1. The van der Waals surface area contributed by atoms with Gasteiger partial charge in [0.15, 0.2) is 0 Å². The van der Waals surface area contributed by atoms with Gasteiger partial charge in [0.05, 0.1) is 5.75 Å². The van der Waals surface area contributed by atoms with Crippen LogP contribution in [0.1, 0.15) is 39.0 Å². The first kappa shape index (κ1) is 16.3. The highest BCUT2D eigenvalue weighted by Crippen LogP contribution is 2.29. The first-order valence-corrected chi connectivity index (χ1v) is 10.2. The predicted octanol–water partition coefficient (Wildman–Crippen LogP) is 2.32. The second-order valence-electron chi connectivity index (χ2n) is 5.31. The SMILES string of the molecule is CCCNC(CSCCS(C)(=O)=O)C1CCCC1. The van der Waals surface area contributed by atoms with Gasteiger partial charge >= 0.3 is 0 Å². The van der Waals surface area contributed by atoms with Crippen molar-refractivity contribution in [1.29, 1.82) is 0 Å². The molecule has 1 rings (SSSR count). The number of nitrogens with one attached hydrogen (secondary N) is 1. The molecule has 18 heavy (non-hydrogen) atoms. The van der Waals surface area contributed by atoms with Gasteiger partial charge in [-0.2, -0.15) is 11.8 Å². The molecule has 0 aromatic heterocycles. The minimum atomic E-state index is -2.80. The molecule has 0 aliphatic heterocycles. The van der Waals surface area contributed by atoms with E-state index in [4.69, 9.17) is 0 Å². The van der Waals surface area contributed by atoms with Crippen LogP contribution in [0.4, 0.5) is 0 Å². The van der Waals surface area contributed by atoms with Crippen molar-refractivity contribution in [3.8, 4) is 0 Å². The summed E-state index contributed by atoms with van der Waals surface area (Å²) in [6.07, 6.45) is 7.89. The maximum atomic E-state index is 11.1. The summed E-state index contributed by atoms with van der Waals surface area (Å²) in [5.41, 5.74) is 0. The summed E-state index contributed by atoms with van der Waals surface area (Å²) < 4.78 is 22.2. The Morgan fingerprint density at radius 1 is 1.33 bits per heavy atom. The number of hydrogen-bond acceptors (Lipinski definition) is 4. The smallest absolute Gasteiger partial charge is 0.148 e. The average molecular weight is 293 g/mol. The molecule has 0 radical (unpaired) electrons. The second kappa shape index (κ2) is 8.43. The van der Waals surface area contributed by atoms with Gasteiger partial charge in [0.25, 0.3) is 0 Å². The third-order valence-electron chi connectivity index (χ3n) is 3.52. The van der Waals surface area contributed by atoms with Crippen LogP contribution in [-0.4, -0.2) is 44.5 Å². The van der Waals surface area contributed by atoms with Crippen LogP contribution in [0.2, 0.25) is 0 Å². The van der Waals surface area contributed by atoms with Crippen LogP contribution in [0.15, 0.2) is 0 Å². The summed E-state index contributed by atoms with van der Waals surface area (Å²) in [5.74, 6) is 2.90. The van der Waals surface area contributed by atoms with E-state index in [0.29, 0.717) is 11.8 Å². The summed E-state index contributed by atoms with van der Waals surface area (Å²) in [7, 11) is -2.80. The molecule has 1 aliphatic carbocycles. The van der Waals surface area contributed by atoms with Gasteiger partial charge in [-0.3, -0.25) is 0 Å². The van der Waals surface area contributed by atoms with E-state index in [2.05, 4.69) is 12.2 Å². The monoisotopic (exact) mass is 293 g/mol. The van der Waals surface area contributed by atoms with Gasteiger partial charge in [-0.1, -0.05) is 19.8 Å². The van der Waals surface area contributed by atoms with E-state index >= 15 is 0 Å². The molecule has 5 heteroatoms. The molecule has 1 unspecified atom stereocenters. The second-order valence-corrected chi connectivity index (χ2v) is 8.72. The molecular weight excluding hydrogens is 266 g/mol. The minimum Gasteiger partial charge on any atom is -0.313 e. The van der Waals surface area contributed by atoms with Crippen LogP contribution < -0.4 is 5.32 Å². The Morgan fingerprint density at radius 2 is 2.00 bits per heavy atom.